The maximum Gasteiger partial charge on any atom is 0.222 e. The van der Waals surface area contributed by atoms with E-state index >= 15 is 0 Å². The van der Waals surface area contributed by atoms with Gasteiger partial charge in [0.05, 0.1) is 12.6 Å². The van der Waals surface area contributed by atoms with Crippen LogP contribution in [0.5, 0.6) is 0 Å². The van der Waals surface area contributed by atoms with E-state index < -0.39 is 57.9 Å². The van der Waals surface area contributed by atoms with Crippen LogP contribution in [0.25, 0.3) is 0 Å². The van der Waals surface area contributed by atoms with E-state index in [1.54, 1.807) is 30.3 Å². The minimum Gasteiger partial charge on any atom is -0.396 e. The number of sulfonamides is 1. The molecular weight excluding hydrogens is 450 g/mol. The molecule has 2 aromatic rings. The van der Waals surface area contributed by atoms with Gasteiger partial charge in [0.25, 0.3) is 0 Å². The summed E-state index contributed by atoms with van der Waals surface area (Å²) in [5.74, 6) is -0.606. The Balaban J connectivity index is 1.92. The standard InChI is InChI=1S/C24H26F2N2O4S/c1-2-19-9-10-23(16-6-4-3-5-7-16)33(31,32)28(19)14-18-12-22(26)20(13-21(18)25)17(15-29)8-11-24(27)30/h1,3-7,12-13,17,19,23,29H,8-11,14-15H2,(H2,27,30). The van der Waals surface area contributed by atoms with Crippen LogP contribution in [0, 0.1) is 24.0 Å². The van der Waals surface area contributed by atoms with Crippen LogP contribution in [0.2, 0.25) is 0 Å². The van der Waals surface area contributed by atoms with Crippen molar-refractivity contribution >= 4 is 15.9 Å². The molecule has 1 fully saturated rings. The Bertz CT molecular complexity index is 1150. The molecule has 1 amide bonds. The molecule has 1 heterocycles. The summed E-state index contributed by atoms with van der Waals surface area (Å²) in [6, 6.07) is 9.77. The quantitative estimate of drug-likeness (QED) is 0.572. The number of nitrogens with zero attached hydrogens (tertiary/aromatic N) is 1. The van der Waals surface area contributed by atoms with E-state index in [2.05, 4.69) is 5.92 Å². The summed E-state index contributed by atoms with van der Waals surface area (Å²) in [6.07, 6.45) is 6.24. The maximum atomic E-state index is 15.0. The third-order valence-electron chi connectivity index (χ3n) is 5.99. The molecule has 0 radical (unpaired) electrons. The Kier molecular flexibility index (Phi) is 7.84. The Morgan fingerprint density at radius 1 is 1.21 bits per heavy atom. The first-order chi connectivity index (χ1) is 15.7. The highest BCUT2D eigenvalue weighted by Gasteiger charge is 2.42. The van der Waals surface area contributed by atoms with Gasteiger partial charge in [-0.3, -0.25) is 4.79 Å². The fourth-order valence-corrected chi connectivity index (χ4v) is 6.28. The van der Waals surface area contributed by atoms with Crippen LogP contribution in [0.4, 0.5) is 8.78 Å². The van der Waals surface area contributed by atoms with Crippen molar-refractivity contribution in [3.05, 3.63) is 70.8 Å². The van der Waals surface area contributed by atoms with Gasteiger partial charge < -0.3 is 10.8 Å². The smallest absolute Gasteiger partial charge is 0.222 e. The van der Waals surface area contributed by atoms with Crippen molar-refractivity contribution in [2.24, 2.45) is 5.73 Å². The topological polar surface area (TPSA) is 101 Å². The fraction of sp³-hybridized carbons (Fsp3) is 0.375. The minimum absolute atomic E-state index is 0.0555. The lowest BCUT2D eigenvalue weighted by Gasteiger charge is -2.37. The van der Waals surface area contributed by atoms with E-state index in [0.717, 1.165) is 16.4 Å². The van der Waals surface area contributed by atoms with Crippen LogP contribution < -0.4 is 5.73 Å². The van der Waals surface area contributed by atoms with Crippen molar-refractivity contribution < 1.29 is 27.1 Å². The van der Waals surface area contributed by atoms with E-state index in [0.29, 0.717) is 18.4 Å². The van der Waals surface area contributed by atoms with Crippen molar-refractivity contribution in [2.75, 3.05) is 6.61 Å². The number of terminal acetylenes is 1. The second-order valence-electron chi connectivity index (χ2n) is 8.10. The molecule has 6 nitrogen and oxygen atoms in total. The Morgan fingerprint density at radius 3 is 2.52 bits per heavy atom. The van der Waals surface area contributed by atoms with Crippen molar-refractivity contribution in [3.63, 3.8) is 0 Å². The lowest BCUT2D eigenvalue weighted by molar-refractivity contribution is -0.118. The van der Waals surface area contributed by atoms with Crippen LogP contribution in [-0.2, 0) is 21.4 Å². The zero-order valence-electron chi connectivity index (χ0n) is 18.0. The van der Waals surface area contributed by atoms with Gasteiger partial charge >= 0.3 is 0 Å². The Hall–Kier alpha value is -2.80. The number of nitrogens with two attached hydrogens (primary N) is 1. The van der Waals surface area contributed by atoms with Crippen molar-refractivity contribution in [1.29, 1.82) is 0 Å². The number of halogens is 2. The lowest BCUT2D eigenvalue weighted by atomic mass is 9.93. The second-order valence-corrected chi connectivity index (χ2v) is 10.2. The van der Waals surface area contributed by atoms with Gasteiger partial charge in [-0.2, -0.15) is 4.31 Å². The molecule has 1 saturated heterocycles. The maximum absolute atomic E-state index is 15.0. The van der Waals surface area contributed by atoms with Crippen LogP contribution in [0.15, 0.2) is 42.5 Å². The summed E-state index contributed by atoms with van der Waals surface area (Å²) in [6.45, 7) is -0.921. The largest absolute Gasteiger partial charge is 0.396 e. The first-order valence-electron chi connectivity index (χ1n) is 10.6. The average Bonchev–Trinajstić information content (AvgIpc) is 2.78. The van der Waals surface area contributed by atoms with Crippen LogP contribution in [-0.4, -0.2) is 36.4 Å². The predicted octanol–water partition coefficient (Wildman–Crippen LogP) is 2.97. The molecule has 0 saturated carbocycles. The van der Waals surface area contributed by atoms with Crippen molar-refractivity contribution in [1.82, 2.24) is 4.31 Å². The molecule has 33 heavy (non-hydrogen) atoms. The second kappa shape index (κ2) is 10.4. The Morgan fingerprint density at radius 2 is 1.91 bits per heavy atom. The molecule has 3 N–H and O–H groups in total. The predicted molar refractivity (Wildman–Crippen MR) is 120 cm³/mol. The highest BCUT2D eigenvalue weighted by molar-refractivity contribution is 7.89. The number of amides is 1. The van der Waals surface area contributed by atoms with Crippen LogP contribution >= 0.6 is 0 Å². The summed E-state index contributed by atoms with van der Waals surface area (Å²) in [4.78, 5) is 11.0. The third-order valence-corrected chi connectivity index (χ3v) is 8.26. The minimum atomic E-state index is -3.95. The van der Waals surface area contributed by atoms with Gasteiger partial charge in [-0.05, 0) is 42.5 Å². The van der Waals surface area contributed by atoms with Gasteiger partial charge in [0, 0.05) is 24.4 Å². The van der Waals surface area contributed by atoms with Crippen molar-refractivity contribution in [2.45, 2.75) is 49.4 Å². The third kappa shape index (κ3) is 5.41. The number of primary amides is 1. The number of carbonyl (C=O) groups excluding carboxylic acids is 1. The summed E-state index contributed by atoms with van der Waals surface area (Å²) in [5, 5.41) is 8.73. The zero-order valence-corrected chi connectivity index (χ0v) is 18.8. The van der Waals surface area contributed by atoms with E-state index in [1.165, 1.54) is 0 Å². The van der Waals surface area contributed by atoms with Crippen LogP contribution in [0.3, 0.4) is 0 Å². The summed E-state index contributed by atoms with van der Waals surface area (Å²) >= 11 is 0. The van der Waals surface area contributed by atoms with E-state index in [1.807, 2.05) is 0 Å². The van der Waals surface area contributed by atoms with Gasteiger partial charge in [0.1, 0.15) is 16.9 Å². The molecule has 9 heteroatoms. The van der Waals surface area contributed by atoms with E-state index in [9.17, 15) is 27.1 Å². The normalized spacial score (nSPS) is 21.3. The molecule has 0 aromatic heterocycles. The number of hydrogen-bond acceptors (Lipinski definition) is 4. The van der Waals surface area contributed by atoms with Crippen molar-refractivity contribution in [3.8, 4) is 12.3 Å². The highest BCUT2D eigenvalue weighted by Crippen LogP contribution is 2.38. The molecular formula is C24H26F2N2O4S. The Labute approximate surface area is 192 Å². The number of hydrogen-bond donors (Lipinski definition) is 2. The first-order valence-corrected chi connectivity index (χ1v) is 12.1. The molecule has 3 atom stereocenters. The number of aliphatic hydroxyl groups is 1. The first kappa shape index (κ1) is 24.8. The number of benzene rings is 2. The van der Waals surface area contributed by atoms with E-state index in [-0.39, 0.29) is 24.0 Å². The molecule has 176 valence electrons. The summed E-state index contributed by atoms with van der Waals surface area (Å²) < 4.78 is 57.7. The van der Waals surface area contributed by atoms with E-state index in [4.69, 9.17) is 12.2 Å². The number of carbonyl (C=O) groups is 1. The highest BCUT2D eigenvalue weighted by atomic mass is 32.2. The van der Waals surface area contributed by atoms with Gasteiger partial charge in [0.15, 0.2) is 0 Å². The zero-order chi connectivity index (χ0) is 24.2. The average molecular weight is 477 g/mol. The number of rotatable bonds is 8. The molecule has 0 bridgehead atoms. The number of aliphatic hydroxyl groups excluding tert-OH is 1. The van der Waals surface area contributed by atoms with Gasteiger partial charge in [-0.1, -0.05) is 36.3 Å². The lowest BCUT2D eigenvalue weighted by Crippen LogP contribution is -2.45. The molecule has 2 aromatic carbocycles. The molecule has 1 aliphatic heterocycles. The van der Waals surface area contributed by atoms with Gasteiger partial charge in [-0.25, -0.2) is 17.2 Å². The summed E-state index contributed by atoms with van der Waals surface area (Å²) in [7, 11) is -3.95. The molecule has 3 unspecified atom stereocenters. The molecule has 0 spiro atoms. The van der Waals surface area contributed by atoms with Gasteiger partial charge in [-0.15, -0.1) is 6.42 Å². The fourth-order valence-electron chi connectivity index (χ4n) is 4.18. The van der Waals surface area contributed by atoms with Gasteiger partial charge in [0.2, 0.25) is 15.9 Å². The molecule has 0 aliphatic carbocycles. The van der Waals surface area contributed by atoms with Crippen LogP contribution in [0.1, 0.15) is 53.5 Å². The summed E-state index contributed by atoms with van der Waals surface area (Å²) in [5.41, 5.74) is 5.45. The SMILES string of the molecule is C#CC1CCC(c2ccccc2)S(=O)(=O)N1Cc1cc(F)c(C(CO)CCC(N)=O)cc1F. The monoisotopic (exact) mass is 476 g/mol. The molecule has 3 rings (SSSR count). The molecule has 1 aliphatic rings.